The predicted octanol–water partition coefficient (Wildman–Crippen LogP) is 3.23. The molecule has 0 aliphatic carbocycles. The van der Waals surface area contributed by atoms with Crippen LogP contribution >= 0.6 is 0 Å². The van der Waals surface area contributed by atoms with Crippen LogP contribution in [0.5, 0.6) is 5.75 Å². The number of nitrogen functional groups attached to an aromatic ring is 1. The van der Waals surface area contributed by atoms with Gasteiger partial charge in [0.1, 0.15) is 11.6 Å². The van der Waals surface area contributed by atoms with Crippen LogP contribution in [-0.4, -0.2) is 21.2 Å². The number of rotatable bonds is 4. The fourth-order valence-corrected chi connectivity index (χ4v) is 1.96. The van der Waals surface area contributed by atoms with E-state index in [2.05, 4.69) is 5.32 Å². The van der Waals surface area contributed by atoms with Gasteiger partial charge in [-0.1, -0.05) is 12.1 Å². The van der Waals surface area contributed by atoms with Crippen LogP contribution < -0.4 is 20.7 Å². The van der Waals surface area contributed by atoms with E-state index in [-0.39, 0.29) is 5.69 Å². The van der Waals surface area contributed by atoms with Crippen molar-refractivity contribution in [3.8, 4) is 5.75 Å². The predicted molar refractivity (Wildman–Crippen MR) is 81.4 cm³/mol. The van der Waals surface area contributed by atoms with Gasteiger partial charge in [-0.15, -0.1) is 0 Å². The highest BCUT2D eigenvalue weighted by Crippen LogP contribution is 2.33. The van der Waals surface area contributed by atoms with Gasteiger partial charge in [0.2, 0.25) is 0 Å². The average Bonchev–Trinajstić information content (AvgIpc) is 2.42. The van der Waals surface area contributed by atoms with E-state index >= 15 is 0 Å². The lowest BCUT2D eigenvalue weighted by atomic mass is 10.2. The summed E-state index contributed by atoms with van der Waals surface area (Å²) in [6.07, 6.45) is 0. The fraction of sp³-hybridized carbons (Fsp3) is 0.200. The Kier molecular flexibility index (Phi) is 3.98. The Balaban J connectivity index is 2.40. The summed E-state index contributed by atoms with van der Waals surface area (Å²) in [6.45, 7) is 0. The zero-order valence-electron chi connectivity index (χ0n) is 11.8. The maximum absolute atomic E-state index is 14.0. The van der Waals surface area contributed by atoms with E-state index in [1.165, 1.54) is 13.2 Å². The molecule has 4 nitrogen and oxygen atoms in total. The first-order chi connectivity index (χ1) is 9.52. The molecule has 2 rings (SSSR count). The third kappa shape index (κ3) is 2.77. The van der Waals surface area contributed by atoms with Crippen molar-refractivity contribution in [3.63, 3.8) is 0 Å². The number of nitrogens with one attached hydrogen (secondary N) is 1. The number of methoxy groups -OCH3 is 1. The smallest absolute Gasteiger partial charge is 0.148 e. The van der Waals surface area contributed by atoms with Gasteiger partial charge < -0.3 is 20.7 Å². The van der Waals surface area contributed by atoms with Gasteiger partial charge in [0.05, 0.1) is 29.9 Å². The molecule has 0 heterocycles. The van der Waals surface area contributed by atoms with Crippen LogP contribution in [0.1, 0.15) is 0 Å². The van der Waals surface area contributed by atoms with Crippen molar-refractivity contribution in [1.82, 2.24) is 0 Å². The molecule has 20 heavy (non-hydrogen) atoms. The number of hydrogen-bond acceptors (Lipinski definition) is 4. The van der Waals surface area contributed by atoms with E-state index in [9.17, 15) is 4.39 Å². The molecule has 2 aromatic carbocycles. The Labute approximate surface area is 118 Å². The van der Waals surface area contributed by atoms with E-state index in [4.69, 9.17) is 10.5 Å². The minimum Gasteiger partial charge on any atom is -0.495 e. The van der Waals surface area contributed by atoms with E-state index in [1.807, 2.05) is 43.3 Å². The molecule has 0 unspecified atom stereocenters. The number of nitrogens with two attached hydrogens (primary N) is 1. The first-order valence-corrected chi connectivity index (χ1v) is 6.19. The largest absolute Gasteiger partial charge is 0.495 e. The number of halogens is 1. The van der Waals surface area contributed by atoms with E-state index < -0.39 is 5.82 Å². The Hall–Kier alpha value is -2.43. The first kappa shape index (κ1) is 14.0. The Morgan fingerprint density at radius 2 is 1.85 bits per heavy atom. The molecule has 0 saturated carbocycles. The molecule has 0 aliphatic heterocycles. The lowest BCUT2D eigenvalue weighted by Crippen LogP contribution is -2.11. The molecule has 2 aromatic rings. The lowest BCUT2D eigenvalue weighted by Gasteiger charge is -2.19. The average molecular weight is 275 g/mol. The molecule has 0 fully saturated rings. The summed E-state index contributed by atoms with van der Waals surface area (Å²) in [5, 5.41) is 3.07. The molecule has 0 amide bonds. The molecule has 0 radical (unpaired) electrons. The second-order valence-corrected chi connectivity index (χ2v) is 4.61. The summed E-state index contributed by atoms with van der Waals surface area (Å²) in [5.41, 5.74) is 8.04. The maximum atomic E-state index is 14.0. The van der Waals surface area contributed by atoms with Gasteiger partial charge >= 0.3 is 0 Å². The summed E-state index contributed by atoms with van der Waals surface area (Å²) in [7, 11) is 5.36. The van der Waals surface area contributed by atoms with Crippen LogP contribution in [0.4, 0.5) is 27.1 Å². The van der Waals surface area contributed by atoms with Gasteiger partial charge in [0.15, 0.2) is 0 Å². The number of benzene rings is 2. The van der Waals surface area contributed by atoms with E-state index in [1.54, 1.807) is 6.07 Å². The third-order valence-electron chi connectivity index (χ3n) is 2.97. The Bertz CT molecular complexity index is 614. The summed E-state index contributed by atoms with van der Waals surface area (Å²) in [4.78, 5) is 1.95. The molecular weight excluding hydrogens is 257 g/mol. The maximum Gasteiger partial charge on any atom is 0.148 e. The van der Waals surface area contributed by atoms with Crippen LogP contribution in [0, 0.1) is 5.82 Å². The van der Waals surface area contributed by atoms with Crippen LogP contribution in [0.25, 0.3) is 0 Å². The van der Waals surface area contributed by atoms with Crippen molar-refractivity contribution in [1.29, 1.82) is 0 Å². The van der Waals surface area contributed by atoms with Crippen LogP contribution in [-0.2, 0) is 0 Å². The normalized spacial score (nSPS) is 10.2. The summed E-state index contributed by atoms with van der Waals surface area (Å²) in [6, 6.07) is 10.5. The van der Waals surface area contributed by atoms with Gasteiger partial charge in [0.25, 0.3) is 0 Å². The molecule has 0 bridgehead atoms. The fourth-order valence-electron chi connectivity index (χ4n) is 1.96. The van der Waals surface area contributed by atoms with Crippen LogP contribution in [0.15, 0.2) is 36.4 Å². The highest BCUT2D eigenvalue weighted by molar-refractivity contribution is 5.76. The molecule has 0 aliphatic rings. The minimum absolute atomic E-state index is 0.274. The summed E-state index contributed by atoms with van der Waals surface area (Å²) in [5.74, 6) is 0.0214. The van der Waals surface area contributed by atoms with Gasteiger partial charge in [-0.25, -0.2) is 4.39 Å². The number of hydrogen-bond donors (Lipinski definition) is 2. The molecule has 0 spiro atoms. The van der Waals surface area contributed by atoms with Gasteiger partial charge in [-0.05, 0) is 12.1 Å². The zero-order chi connectivity index (χ0) is 14.7. The highest BCUT2D eigenvalue weighted by atomic mass is 19.1. The summed E-state index contributed by atoms with van der Waals surface area (Å²) < 4.78 is 19.1. The molecular formula is C15H18FN3O. The standard InChI is InChI=1S/C15H18FN3O/c1-19(2)14-7-5-4-6-12(14)18-13-9-15(20-3)11(17)8-10(13)16/h4-9,18H,17H2,1-3H3. The van der Waals surface area contributed by atoms with Crippen molar-refractivity contribution in [3.05, 3.63) is 42.2 Å². The molecule has 0 aromatic heterocycles. The van der Waals surface area contributed by atoms with Gasteiger partial charge in [-0.2, -0.15) is 0 Å². The molecule has 0 atom stereocenters. The first-order valence-electron chi connectivity index (χ1n) is 6.19. The number of ether oxygens (including phenoxy) is 1. The molecule has 0 saturated heterocycles. The van der Waals surface area contributed by atoms with Crippen molar-refractivity contribution in [2.24, 2.45) is 0 Å². The van der Waals surface area contributed by atoms with Crippen molar-refractivity contribution >= 4 is 22.7 Å². The van der Waals surface area contributed by atoms with E-state index in [0.29, 0.717) is 11.4 Å². The topological polar surface area (TPSA) is 50.5 Å². The third-order valence-corrected chi connectivity index (χ3v) is 2.97. The second-order valence-electron chi connectivity index (χ2n) is 4.61. The lowest BCUT2D eigenvalue weighted by molar-refractivity contribution is 0.416. The van der Waals surface area contributed by atoms with E-state index in [0.717, 1.165) is 11.4 Å². The zero-order valence-corrected chi connectivity index (χ0v) is 11.8. The van der Waals surface area contributed by atoms with Crippen LogP contribution in [0.3, 0.4) is 0 Å². The Morgan fingerprint density at radius 1 is 1.15 bits per heavy atom. The monoisotopic (exact) mass is 275 g/mol. The second kappa shape index (κ2) is 5.69. The Morgan fingerprint density at radius 3 is 2.50 bits per heavy atom. The quantitative estimate of drug-likeness (QED) is 0.841. The summed E-state index contributed by atoms with van der Waals surface area (Å²) >= 11 is 0. The van der Waals surface area contributed by atoms with Crippen molar-refractivity contribution < 1.29 is 9.13 Å². The molecule has 5 heteroatoms. The highest BCUT2D eigenvalue weighted by Gasteiger charge is 2.11. The number of para-hydroxylation sites is 2. The number of anilines is 4. The molecule has 106 valence electrons. The minimum atomic E-state index is -0.420. The van der Waals surface area contributed by atoms with Crippen LogP contribution in [0.2, 0.25) is 0 Å². The molecule has 3 N–H and O–H groups in total. The number of nitrogens with zero attached hydrogens (tertiary/aromatic N) is 1. The van der Waals surface area contributed by atoms with Crippen molar-refractivity contribution in [2.75, 3.05) is 37.2 Å². The van der Waals surface area contributed by atoms with Gasteiger partial charge in [0, 0.05) is 26.2 Å². The van der Waals surface area contributed by atoms with Crippen molar-refractivity contribution in [2.45, 2.75) is 0 Å². The SMILES string of the molecule is COc1cc(Nc2ccccc2N(C)C)c(F)cc1N. The van der Waals surface area contributed by atoms with Gasteiger partial charge in [-0.3, -0.25) is 0 Å².